The standard InChI is InChI=1S/C6H13NO3/c1-2-10-5(4-8)3-6(7)9/h5,8H,2-4H2,1H3,(H2,7,9). The van der Waals surface area contributed by atoms with E-state index in [0.29, 0.717) is 6.61 Å². The minimum atomic E-state index is -0.451. The van der Waals surface area contributed by atoms with Crippen LogP contribution in [0, 0.1) is 0 Å². The van der Waals surface area contributed by atoms with Crippen LogP contribution >= 0.6 is 0 Å². The molecule has 0 aromatic heterocycles. The summed E-state index contributed by atoms with van der Waals surface area (Å²) in [5.41, 5.74) is 4.87. The van der Waals surface area contributed by atoms with Crippen molar-refractivity contribution in [2.45, 2.75) is 19.4 Å². The molecule has 0 radical (unpaired) electrons. The topological polar surface area (TPSA) is 72.6 Å². The highest BCUT2D eigenvalue weighted by Crippen LogP contribution is 1.95. The first-order valence-electron chi connectivity index (χ1n) is 3.21. The van der Waals surface area contributed by atoms with Gasteiger partial charge in [0.1, 0.15) is 0 Å². The third kappa shape index (κ3) is 4.29. The molecule has 0 aromatic rings. The molecule has 1 amide bonds. The van der Waals surface area contributed by atoms with Gasteiger partial charge in [-0.3, -0.25) is 4.79 Å². The number of nitrogens with two attached hydrogens (primary N) is 1. The van der Waals surface area contributed by atoms with E-state index in [4.69, 9.17) is 15.6 Å². The van der Waals surface area contributed by atoms with Crippen LogP contribution in [-0.4, -0.2) is 30.3 Å². The molecule has 1 unspecified atom stereocenters. The van der Waals surface area contributed by atoms with Crippen molar-refractivity contribution in [1.29, 1.82) is 0 Å². The van der Waals surface area contributed by atoms with Gasteiger partial charge in [-0.1, -0.05) is 0 Å². The van der Waals surface area contributed by atoms with Crippen LogP contribution in [0.15, 0.2) is 0 Å². The van der Waals surface area contributed by atoms with Gasteiger partial charge in [-0.05, 0) is 6.92 Å². The zero-order valence-electron chi connectivity index (χ0n) is 6.04. The molecular formula is C6H13NO3. The Labute approximate surface area is 60.0 Å². The molecule has 4 heteroatoms. The zero-order chi connectivity index (χ0) is 7.98. The Morgan fingerprint density at radius 3 is 2.70 bits per heavy atom. The molecule has 3 N–H and O–H groups in total. The summed E-state index contributed by atoms with van der Waals surface area (Å²) >= 11 is 0. The van der Waals surface area contributed by atoms with Crippen molar-refractivity contribution in [2.75, 3.05) is 13.2 Å². The number of hydrogen-bond acceptors (Lipinski definition) is 3. The predicted molar refractivity (Wildman–Crippen MR) is 36.3 cm³/mol. The van der Waals surface area contributed by atoms with Gasteiger partial charge in [0.2, 0.25) is 5.91 Å². The highest BCUT2D eigenvalue weighted by atomic mass is 16.5. The molecule has 0 bridgehead atoms. The molecule has 60 valence electrons. The van der Waals surface area contributed by atoms with Crippen LogP contribution in [0.25, 0.3) is 0 Å². The van der Waals surface area contributed by atoms with Crippen LogP contribution in [-0.2, 0) is 9.53 Å². The van der Waals surface area contributed by atoms with Crippen molar-refractivity contribution in [2.24, 2.45) is 5.73 Å². The van der Waals surface area contributed by atoms with E-state index in [1.54, 1.807) is 6.92 Å². The van der Waals surface area contributed by atoms with Gasteiger partial charge in [-0.25, -0.2) is 0 Å². The summed E-state index contributed by atoms with van der Waals surface area (Å²) in [6, 6.07) is 0. The summed E-state index contributed by atoms with van der Waals surface area (Å²) in [7, 11) is 0. The van der Waals surface area contributed by atoms with Crippen molar-refractivity contribution in [1.82, 2.24) is 0 Å². The molecule has 0 spiro atoms. The molecule has 0 aliphatic rings. The first-order valence-corrected chi connectivity index (χ1v) is 3.21. The molecule has 0 fully saturated rings. The van der Waals surface area contributed by atoms with Gasteiger partial charge in [-0.2, -0.15) is 0 Å². The lowest BCUT2D eigenvalue weighted by Gasteiger charge is -2.10. The molecule has 0 aliphatic heterocycles. The average molecular weight is 147 g/mol. The monoisotopic (exact) mass is 147 g/mol. The van der Waals surface area contributed by atoms with E-state index in [1.807, 2.05) is 0 Å². The van der Waals surface area contributed by atoms with Crippen molar-refractivity contribution in [3.8, 4) is 0 Å². The molecule has 0 saturated carbocycles. The second kappa shape index (κ2) is 5.20. The zero-order valence-corrected chi connectivity index (χ0v) is 6.04. The fourth-order valence-electron chi connectivity index (χ4n) is 0.636. The molecule has 0 aliphatic carbocycles. The van der Waals surface area contributed by atoms with Crippen LogP contribution in [0.4, 0.5) is 0 Å². The Kier molecular flexibility index (Phi) is 4.88. The summed E-state index contributed by atoms with van der Waals surface area (Å²) in [6.07, 6.45) is -0.341. The maximum Gasteiger partial charge on any atom is 0.220 e. The van der Waals surface area contributed by atoms with E-state index < -0.39 is 12.0 Å². The fraction of sp³-hybridized carbons (Fsp3) is 0.833. The lowest BCUT2D eigenvalue weighted by Crippen LogP contribution is -2.25. The molecule has 0 aromatic carbocycles. The van der Waals surface area contributed by atoms with Crippen molar-refractivity contribution in [3.63, 3.8) is 0 Å². The number of primary amides is 1. The van der Waals surface area contributed by atoms with Gasteiger partial charge < -0.3 is 15.6 Å². The minimum Gasteiger partial charge on any atom is -0.394 e. The van der Waals surface area contributed by atoms with Crippen molar-refractivity contribution in [3.05, 3.63) is 0 Å². The second-order valence-corrected chi connectivity index (χ2v) is 1.93. The minimum absolute atomic E-state index is 0.0876. The summed E-state index contributed by atoms with van der Waals surface area (Å²) in [4.78, 5) is 10.3. The van der Waals surface area contributed by atoms with E-state index in [0.717, 1.165) is 0 Å². The van der Waals surface area contributed by atoms with Gasteiger partial charge in [0, 0.05) is 6.61 Å². The normalized spacial score (nSPS) is 13.0. The number of aliphatic hydroxyl groups is 1. The molecule has 1 atom stereocenters. The van der Waals surface area contributed by atoms with Gasteiger partial charge in [-0.15, -0.1) is 0 Å². The molecule has 0 saturated heterocycles. The van der Waals surface area contributed by atoms with E-state index in [2.05, 4.69) is 0 Å². The SMILES string of the molecule is CCOC(CO)CC(N)=O. The largest absolute Gasteiger partial charge is 0.394 e. The van der Waals surface area contributed by atoms with Crippen molar-refractivity contribution >= 4 is 5.91 Å². The fourth-order valence-corrected chi connectivity index (χ4v) is 0.636. The van der Waals surface area contributed by atoms with Gasteiger partial charge in [0.05, 0.1) is 19.1 Å². The van der Waals surface area contributed by atoms with E-state index in [-0.39, 0.29) is 13.0 Å². The number of carbonyl (C=O) groups excluding carboxylic acids is 1. The Bertz CT molecular complexity index is 105. The Morgan fingerprint density at radius 1 is 1.80 bits per heavy atom. The van der Waals surface area contributed by atoms with Crippen LogP contribution in [0.3, 0.4) is 0 Å². The highest BCUT2D eigenvalue weighted by molar-refractivity contribution is 5.74. The molecule has 4 nitrogen and oxygen atoms in total. The quantitative estimate of drug-likeness (QED) is 0.538. The maximum absolute atomic E-state index is 10.3. The smallest absolute Gasteiger partial charge is 0.220 e. The second-order valence-electron chi connectivity index (χ2n) is 1.93. The predicted octanol–water partition coefficient (Wildman–Crippen LogP) is -0.741. The number of aliphatic hydroxyl groups excluding tert-OH is 1. The third-order valence-corrected chi connectivity index (χ3v) is 1.03. The van der Waals surface area contributed by atoms with E-state index >= 15 is 0 Å². The van der Waals surface area contributed by atoms with E-state index in [1.165, 1.54) is 0 Å². The van der Waals surface area contributed by atoms with Crippen molar-refractivity contribution < 1.29 is 14.6 Å². The molecule has 0 heterocycles. The summed E-state index contributed by atoms with van der Waals surface area (Å²) < 4.78 is 4.95. The Balaban J connectivity index is 3.49. The average Bonchev–Trinajstić information content (AvgIpc) is 1.86. The number of carbonyl (C=O) groups is 1. The highest BCUT2D eigenvalue weighted by Gasteiger charge is 2.09. The lowest BCUT2D eigenvalue weighted by molar-refractivity contribution is -0.121. The summed E-state index contributed by atoms with van der Waals surface area (Å²) in [5.74, 6) is -0.451. The third-order valence-electron chi connectivity index (χ3n) is 1.03. The Morgan fingerprint density at radius 2 is 2.40 bits per heavy atom. The Hall–Kier alpha value is -0.610. The first kappa shape index (κ1) is 9.39. The van der Waals surface area contributed by atoms with Crippen LogP contribution < -0.4 is 5.73 Å². The van der Waals surface area contributed by atoms with Crippen LogP contribution in [0.5, 0.6) is 0 Å². The number of ether oxygens (including phenoxy) is 1. The van der Waals surface area contributed by atoms with Gasteiger partial charge >= 0.3 is 0 Å². The lowest BCUT2D eigenvalue weighted by atomic mass is 10.2. The van der Waals surface area contributed by atoms with Gasteiger partial charge in [0.15, 0.2) is 0 Å². The number of hydrogen-bond donors (Lipinski definition) is 2. The first-order chi connectivity index (χ1) is 4.70. The molecule has 10 heavy (non-hydrogen) atoms. The summed E-state index contributed by atoms with van der Waals surface area (Å²) in [5, 5.41) is 8.57. The molecular weight excluding hydrogens is 134 g/mol. The molecule has 0 rings (SSSR count). The maximum atomic E-state index is 10.3. The summed E-state index contributed by atoms with van der Waals surface area (Å²) in [6.45, 7) is 2.12. The van der Waals surface area contributed by atoms with Gasteiger partial charge in [0.25, 0.3) is 0 Å². The van der Waals surface area contributed by atoms with Crippen LogP contribution in [0.2, 0.25) is 0 Å². The van der Waals surface area contributed by atoms with Crippen LogP contribution in [0.1, 0.15) is 13.3 Å². The van der Waals surface area contributed by atoms with E-state index in [9.17, 15) is 4.79 Å². The number of amides is 1. The number of rotatable bonds is 5.